The maximum Gasteiger partial charge on any atom is 0.240 e. The zero-order valence-corrected chi connectivity index (χ0v) is 11.7. The molecule has 96 valence electrons. The molecule has 1 amide bonds. The smallest absolute Gasteiger partial charge is 0.240 e. The summed E-state index contributed by atoms with van der Waals surface area (Å²) in [7, 11) is 0. The molecule has 0 aliphatic carbocycles. The topological polar surface area (TPSA) is 54.0 Å². The van der Waals surface area contributed by atoms with Gasteiger partial charge >= 0.3 is 0 Å². The Hall–Kier alpha value is -2.06. The Balaban J connectivity index is 2.08. The number of hydrogen-bond acceptors (Lipinski definition) is 3. The van der Waals surface area contributed by atoms with Crippen LogP contribution in [0, 0.1) is 12.3 Å². The van der Waals surface area contributed by atoms with Gasteiger partial charge < -0.3 is 10.6 Å². The van der Waals surface area contributed by atoms with Gasteiger partial charge in [-0.15, -0.1) is 6.42 Å². The first-order chi connectivity index (χ1) is 9.20. The average Bonchev–Trinajstić information content (AvgIpc) is 2.43. The van der Waals surface area contributed by atoms with Crippen LogP contribution in [0.3, 0.4) is 0 Å². The quantitative estimate of drug-likeness (QED) is 0.850. The van der Waals surface area contributed by atoms with Crippen molar-refractivity contribution >= 4 is 38.6 Å². The van der Waals surface area contributed by atoms with Gasteiger partial charge in [0, 0.05) is 9.86 Å². The van der Waals surface area contributed by atoms with E-state index in [9.17, 15) is 4.79 Å². The number of benzene rings is 1. The first-order valence-electron chi connectivity index (χ1n) is 5.70. The van der Waals surface area contributed by atoms with Crippen LogP contribution >= 0.6 is 15.9 Å². The molecule has 0 radical (unpaired) electrons. The second-order valence-corrected chi connectivity index (χ2v) is 4.70. The van der Waals surface area contributed by atoms with Gasteiger partial charge in [0.2, 0.25) is 5.91 Å². The molecule has 0 saturated heterocycles. The van der Waals surface area contributed by atoms with E-state index in [-0.39, 0.29) is 19.0 Å². The number of nitrogens with one attached hydrogen (secondary N) is 2. The Morgan fingerprint density at radius 1 is 1.37 bits per heavy atom. The summed E-state index contributed by atoms with van der Waals surface area (Å²) >= 11 is 3.45. The number of aromatic nitrogens is 1. The summed E-state index contributed by atoms with van der Waals surface area (Å²) in [5, 5.41) is 6.58. The average molecular weight is 318 g/mol. The Morgan fingerprint density at radius 3 is 3.00 bits per heavy atom. The standard InChI is InChI=1S/C14H12BrN3O/c1-2-8-16-13(19)9-17-12-7-6-10-4-3-5-11(15)14(10)18-12/h1,3-7H,8-9H2,(H,16,19)(H,17,18). The Labute approximate surface area is 119 Å². The molecule has 0 aliphatic heterocycles. The van der Waals surface area contributed by atoms with Crippen molar-refractivity contribution in [1.82, 2.24) is 10.3 Å². The Morgan fingerprint density at radius 2 is 2.21 bits per heavy atom. The van der Waals surface area contributed by atoms with Gasteiger partial charge in [0.05, 0.1) is 18.6 Å². The number of halogens is 1. The van der Waals surface area contributed by atoms with Crippen molar-refractivity contribution in [2.75, 3.05) is 18.4 Å². The summed E-state index contributed by atoms with van der Waals surface area (Å²) in [6, 6.07) is 9.65. The summed E-state index contributed by atoms with van der Waals surface area (Å²) in [6.45, 7) is 0.377. The molecule has 1 aromatic carbocycles. The number of nitrogens with zero attached hydrogens (tertiary/aromatic N) is 1. The van der Waals surface area contributed by atoms with Gasteiger partial charge in [0.25, 0.3) is 0 Å². The molecule has 0 spiro atoms. The van der Waals surface area contributed by atoms with Gasteiger partial charge in [0.1, 0.15) is 5.82 Å². The lowest BCUT2D eigenvalue weighted by Crippen LogP contribution is -2.30. The molecule has 2 rings (SSSR count). The lowest BCUT2D eigenvalue weighted by atomic mass is 10.2. The van der Waals surface area contributed by atoms with E-state index in [1.54, 1.807) is 0 Å². The number of amides is 1. The van der Waals surface area contributed by atoms with Crippen LogP contribution in [0.5, 0.6) is 0 Å². The van der Waals surface area contributed by atoms with E-state index >= 15 is 0 Å². The highest BCUT2D eigenvalue weighted by Gasteiger charge is 2.03. The van der Waals surface area contributed by atoms with Gasteiger partial charge in [-0.05, 0) is 34.1 Å². The molecule has 1 aromatic heterocycles. The van der Waals surface area contributed by atoms with Crippen molar-refractivity contribution < 1.29 is 4.79 Å². The number of carbonyl (C=O) groups is 1. The van der Waals surface area contributed by atoms with Crippen LogP contribution in [0.4, 0.5) is 5.82 Å². The molecule has 1 heterocycles. The second kappa shape index (κ2) is 6.21. The second-order valence-electron chi connectivity index (χ2n) is 3.84. The minimum Gasteiger partial charge on any atom is -0.361 e. The molecular formula is C14H12BrN3O. The minimum absolute atomic E-state index is 0.143. The van der Waals surface area contributed by atoms with Gasteiger partial charge in [0.15, 0.2) is 0 Å². The summed E-state index contributed by atoms with van der Waals surface area (Å²) in [6.07, 6.45) is 5.06. The third kappa shape index (κ3) is 3.46. The predicted molar refractivity (Wildman–Crippen MR) is 79.8 cm³/mol. The monoisotopic (exact) mass is 317 g/mol. The number of hydrogen-bond donors (Lipinski definition) is 2. The van der Waals surface area contributed by atoms with Crippen LogP contribution in [0.25, 0.3) is 10.9 Å². The van der Waals surface area contributed by atoms with Gasteiger partial charge in [-0.2, -0.15) is 0 Å². The van der Waals surface area contributed by atoms with Crippen LogP contribution in [0.2, 0.25) is 0 Å². The SMILES string of the molecule is C#CCNC(=O)CNc1ccc2cccc(Br)c2n1. The molecule has 0 saturated carbocycles. The molecule has 19 heavy (non-hydrogen) atoms. The molecule has 0 unspecified atom stereocenters. The molecular weight excluding hydrogens is 306 g/mol. The molecule has 0 bridgehead atoms. The zero-order valence-electron chi connectivity index (χ0n) is 10.1. The van der Waals surface area contributed by atoms with E-state index in [2.05, 4.69) is 37.5 Å². The number of rotatable bonds is 4. The fourth-order valence-corrected chi connectivity index (χ4v) is 2.06. The van der Waals surface area contributed by atoms with Crippen molar-refractivity contribution in [2.45, 2.75) is 0 Å². The van der Waals surface area contributed by atoms with Crippen LogP contribution in [0.1, 0.15) is 0 Å². The van der Waals surface area contributed by atoms with Crippen LogP contribution in [-0.4, -0.2) is 24.0 Å². The number of para-hydroxylation sites is 1. The Kier molecular flexibility index (Phi) is 4.37. The number of anilines is 1. The molecule has 5 heteroatoms. The van der Waals surface area contributed by atoms with E-state index in [4.69, 9.17) is 6.42 Å². The lowest BCUT2D eigenvalue weighted by molar-refractivity contribution is -0.119. The molecule has 0 fully saturated rings. The third-order valence-corrected chi connectivity index (χ3v) is 3.13. The summed E-state index contributed by atoms with van der Waals surface area (Å²) in [4.78, 5) is 15.8. The van der Waals surface area contributed by atoms with E-state index in [0.717, 1.165) is 15.4 Å². The zero-order chi connectivity index (χ0) is 13.7. The van der Waals surface area contributed by atoms with Crippen LogP contribution < -0.4 is 10.6 Å². The lowest BCUT2D eigenvalue weighted by Gasteiger charge is -2.07. The summed E-state index contributed by atoms with van der Waals surface area (Å²) in [5.41, 5.74) is 0.858. The molecule has 0 aliphatic rings. The molecule has 0 atom stereocenters. The molecule has 2 aromatic rings. The number of pyridine rings is 1. The maximum atomic E-state index is 11.4. The van der Waals surface area contributed by atoms with E-state index < -0.39 is 0 Å². The maximum absolute atomic E-state index is 11.4. The van der Waals surface area contributed by atoms with Gasteiger partial charge in [-0.1, -0.05) is 18.1 Å². The van der Waals surface area contributed by atoms with Crippen molar-refractivity contribution in [1.29, 1.82) is 0 Å². The van der Waals surface area contributed by atoms with Crippen molar-refractivity contribution in [2.24, 2.45) is 0 Å². The number of fused-ring (bicyclic) bond motifs is 1. The van der Waals surface area contributed by atoms with Crippen molar-refractivity contribution in [3.05, 3.63) is 34.8 Å². The minimum atomic E-state index is -0.160. The first kappa shape index (κ1) is 13.4. The van der Waals surface area contributed by atoms with Gasteiger partial charge in [-0.25, -0.2) is 4.98 Å². The highest BCUT2D eigenvalue weighted by molar-refractivity contribution is 9.10. The predicted octanol–water partition coefficient (Wildman–Crippen LogP) is 2.16. The number of terminal acetylenes is 1. The van der Waals surface area contributed by atoms with E-state index in [1.807, 2.05) is 30.3 Å². The normalized spacial score (nSPS) is 9.89. The molecule has 4 nitrogen and oxygen atoms in total. The largest absolute Gasteiger partial charge is 0.361 e. The summed E-state index contributed by atoms with van der Waals surface area (Å²) in [5.74, 6) is 2.84. The molecule has 2 N–H and O–H groups in total. The first-order valence-corrected chi connectivity index (χ1v) is 6.49. The van der Waals surface area contributed by atoms with Crippen LogP contribution in [0.15, 0.2) is 34.8 Å². The van der Waals surface area contributed by atoms with Gasteiger partial charge in [-0.3, -0.25) is 4.79 Å². The van der Waals surface area contributed by atoms with Crippen molar-refractivity contribution in [3.8, 4) is 12.3 Å². The van der Waals surface area contributed by atoms with E-state index in [1.165, 1.54) is 0 Å². The van der Waals surface area contributed by atoms with Crippen LogP contribution in [-0.2, 0) is 4.79 Å². The third-order valence-electron chi connectivity index (χ3n) is 2.49. The number of carbonyl (C=O) groups excluding carboxylic acids is 1. The van der Waals surface area contributed by atoms with Crippen molar-refractivity contribution in [3.63, 3.8) is 0 Å². The fourth-order valence-electron chi connectivity index (χ4n) is 1.59. The highest BCUT2D eigenvalue weighted by Crippen LogP contribution is 2.23. The Bertz CT molecular complexity index is 649. The van der Waals surface area contributed by atoms with E-state index in [0.29, 0.717) is 5.82 Å². The summed E-state index contributed by atoms with van der Waals surface area (Å²) < 4.78 is 0.922. The highest BCUT2D eigenvalue weighted by atomic mass is 79.9. The fraction of sp³-hybridized carbons (Fsp3) is 0.143.